The molecule has 1 nitrogen and oxygen atoms in total. The molecule has 1 atom stereocenters. The lowest BCUT2D eigenvalue weighted by molar-refractivity contribution is 0.720. The molecule has 11 heavy (non-hydrogen) atoms. The highest BCUT2D eigenvalue weighted by Gasteiger charge is 2.07. The predicted octanol–water partition coefficient (Wildman–Crippen LogP) is 2.72. The molecule has 0 spiro atoms. The third-order valence-electron chi connectivity index (χ3n) is 1.43. The molecule has 0 aliphatic carbocycles. The van der Waals surface area contributed by atoms with Crippen molar-refractivity contribution in [1.29, 1.82) is 0 Å². The minimum atomic E-state index is 0.486. The molecule has 0 radical (unpaired) electrons. The molecule has 1 rings (SSSR count). The summed E-state index contributed by atoms with van der Waals surface area (Å²) in [6.45, 7) is 3.17. The van der Waals surface area contributed by atoms with E-state index in [2.05, 4.69) is 36.0 Å². The fourth-order valence-corrected chi connectivity index (χ4v) is 2.70. The average Bonchev–Trinajstić information content (AvgIpc) is 2.52. The second-order valence-corrected chi connectivity index (χ2v) is 4.11. The van der Waals surface area contributed by atoms with Crippen molar-refractivity contribution in [2.75, 3.05) is 12.8 Å². The Labute approximate surface area is 76.2 Å². The van der Waals surface area contributed by atoms with Crippen LogP contribution in [0.3, 0.4) is 0 Å². The molecule has 1 unspecified atom stereocenters. The maximum absolute atomic E-state index is 3.41. The van der Waals surface area contributed by atoms with E-state index in [0.717, 1.165) is 6.54 Å². The van der Waals surface area contributed by atoms with Crippen LogP contribution in [0, 0.1) is 0 Å². The molecular weight excluding hydrogens is 174 g/mol. The van der Waals surface area contributed by atoms with Crippen molar-refractivity contribution in [2.45, 2.75) is 12.3 Å². The SMILES string of the molecule is CCNC(SC)c1cccs1. The zero-order chi connectivity index (χ0) is 8.10. The van der Waals surface area contributed by atoms with Crippen LogP contribution in [0.1, 0.15) is 17.2 Å². The molecule has 3 heteroatoms. The monoisotopic (exact) mass is 187 g/mol. The summed E-state index contributed by atoms with van der Waals surface area (Å²) < 4.78 is 0. The maximum Gasteiger partial charge on any atom is 0.0879 e. The van der Waals surface area contributed by atoms with Crippen molar-refractivity contribution in [1.82, 2.24) is 5.32 Å². The molecule has 0 fully saturated rings. The number of thiophene rings is 1. The van der Waals surface area contributed by atoms with E-state index in [4.69, 9.17) is 0 Å². The minimum Gasteiger partial charge on any atom is -0.301 e. The quantitative estimate of drug-likeness (QED) is 0.727. The lowest BCUT2D eigenvalue weighted by Crippen LogP contribution is -2.16. The van der Waals surface area contributed by atoms with Gasteiger partial charge >= 0.3 is 0 Å². The van der Waals surface area contributed by atoms with Crippen LogP contribution in [0.15, 0.2) is 17.5 Å². The largest absolute Gasteiger partial charge is 0.301 e. The highest BCUT2D eigenvalue weighted by molar-refractivity contribution is 7.98. The van der Waals surface area contributed by atoms with Gasteiger partial charge in [-0.3, -0.25) is 0 Å². The summed E-state index contributed by atoms with van der Waals surface area (Å²) >= 11 is 3.66. The van der Waals surface area contributed by atoms with E-state index in [1.807, 2.05) is 23.1 Å². The van der Waals surface area contributed by atoms with Gasteiger partial charge in [-0.15, -0.1) is 23.1 Å². The van der Waals surface area contributed by atoms with Crippen LogP contribution >= 0.6 is 23.1 Å². The van der Waals surface area contributed by atoms with E-state index in [1.165, 1.54) is 4.88 Å². The first kappa shape index (κ1) is 9.10. The number of hydrogen-bond donors (Lipinski definition) is 1. The van der Waals surface area contributed by atoms with Gasteiger partial charge in [-0.25, -0.2) is 0 Å². The summed E-state index contributed by atoms with van der Waals surface area (Å²) in [4.78, 5) is 1.42. The Bertz CT molecular complexity index is 184. The molecule has 1 heterocycles. The average molecular weight is 187 g/mol. The minimum absolute atomic E-state index is 0.486. The molecular formula is C8H13NS2. The summed E-state index contributed by atoms with van der Waals surface area (Å²) in [5.41, 5.74) is 0. The zero-order valence-corrected chi connectivity index (χ0v) is 8.47. The summed E-state index contributed by atoms with van der Waals surface area (Å²) in [6.07, 6.45) is 2.13. The standard InChI is InChI=1S/C8H13NS2/c1-3-9-8(10-2)7-5-4-6-11-7/h4-6,8-9H,3H2,1-2H3. The van der Waals surface area contributed by atoms with E-state index in [1.54, 1.807) is 0 Å². The summed E-state index contributed by atoms with van der Waals surface area (Å²) in [6, 6.07) is 4.27. The topological polar surface area (TPSA) is 12.0 Å². The number of hydrogen-bond acceptors (Lipinski definition) is 3. The Balaban J connectivity index is 2.56. The molecule has 0 saturated carbocycles. The third kappa shape index (κ3) is 2.51. The highest BCUT2D eigenvalue weighted by Crippen LogP contribution is 2.26. The smallest absolute Gasteiger partial charge is 0.0879 e. The summed E-state index contributed by atoms with van der Waals surface area (Å²) in [7, 11) is 0. The molecule has 62 valence electrons. The van der Waals surface area contributed by atoms with Crippen molar-refractivity contribution in [3.05, 3.63) is 22.4 Å². The van der Waals surface area contributed by atoms with Crippen molar-refractivity contribution < 1.29 is 0 Å². The normalized spacial score (nSPS) is 13.3. The van der Waals surface area contributed by atoms with Crippen LogP contribution in [0.5, 0.6) is 0 Å². The van der Waals surface area contributed by atoms with Crippen LogP contribution in [-0.2, 0) is 0 Å². The van der Waals surface area contributed by atoms with E-state index in [9.17, 15) is 0 Å². The van der Waals surface area contributed by atoms with Crippen molar-refractivity contribution >= 4 is 23.1 Å². The Kier molecular flexibility index (Phi) is 3.97. The van der Waals surface area contributed by atoms with Crippen molar-refractivity contribution in [3.63, 3.8) is 0 Å². The molecule has 0 bridgehead atoms. The maximum atomic E-state index is 3.41. The van der Waals surface area contributed by atoms with Gasteiger partial charge in [0.1, 0.15) is 0 Å². The van der Waals surface area contributed by atoms with Gasteiger partial charge in [0, 0.05) is 4.88 Å². The molecule has 0 aromatic carbocycles. The van der Waals surface area contributed by atoms with Crippen LogP contribution in [-0.4, -0.2) is 12.8 Å². The van der Waals surface area contributed by atoms with Gasteiger partial charge in [0.2, 0.25) is 0 Å². The second kappa shape index (κ2) is 4.80. The first-order chi connectivity index (χ1) is 5.38. The second-order valence-electron chi connectivity index (χ2n) is 2.19. The van der Waals surface area contributed by atoms with Gasteiger partial charge in [0.15, 0.2) is 0 Å². The molecule has 0 aliphatic rings. The van der Waals surface area contributed by atoms with E-state index in [-0.39, 0.29) is 0 Å². The lowest BCUT2D eigenvalue weighted by atomic mass is 10.4. The Morgan fingerprint density at radius 1 is 1.73 bits per heavy atom. The van der Waals surface area contributed by atoms with E-state index >= 15 is 0 Å². The van der Waals surface area contributed by atoms with Gasteiger partial charge in [0.25, 0.3) is 0 Å². The van der Waals surface area contributed by atoms with Crippen LogP contribution in [0.2, 0.25) is 0 Å². The van der Waals surface area contributed by atoms with Crippen molar-refractivity contribution in [3.8, 4) is 0 Å². The molecule has 1 N–H and O–H groups in total. The molecule has 0 amide bonds. The van der Waals surface area contributed by atoms with Gasteiger partial charge in [-0.1, -0.05) is 13.0 Å². The van der Waals surface area contributed by atoms with Gasteiger partial charge < -0.3 is 5.32 Å². The van der Waals surface area contributed by atoms with Gasteiger partial charge in [-0.05, 0) is 24.2 Å². The Morgan fingerprint density at radius 2 is 2.55 bits per heavy atom. The summed E-state index contributed by atoms with van der Waals surface area (Å²) in [5.74, 6) is 0. The first-order valence-corrected chi connectivity index (χ1v) is 5.84. The van der Waals surface area contributed by atoms with Crippen LogP contribution in [0.4, 0.5) is 0 Å². The fourth-order valence-electron chi connectivity index (χ4n) is 0.926. The number of nitrogens with one attached hydrogen (secondary N) is 1. The molecule has 1 aromatic rings. The zero-order valence-electron chi connectivity index (χ0n) is 6.83. The van der Waals surface area contributed by atoms with Crippen molar-refractivity contribution in [2.24, 2.45) is 0 Å². The Hall–Kier alpha value is 0.01000. The van der Waals surface area contributed by atoms with Gasteiger partial charge in [-0.2, -0.15) is 0 Å². The molecule has 1 aromatic heterocycles. The Morgan fingerprint density at radius 3 is 3.00 bits per heavy atom. The fraction of sp³-hybridized carbons (Fsp3) is 0.500. The number of rotatable bonds is 4. The van der Waals surface area contributed by atoms with E-state index < -0.39 is 0 Å². The molecule has 0 aliphatic heterocycles. The van der Waals surface area contributed by atoms with Gasteiger partial charge in [0.05, 0.1) is 5.37 Å². The number of thioether (sulfide) groups is 1. The third-order valence-corrected chi connectivity index (χ3v) is 3.41. The molecule has 0 saturated heterocycles. The van der Waals surface area contributed by atoms with Crippen LogP contribution < -0.4 is 5.32 Å². The lowest BCUT2D eigenvalue weighted by Gasteiger charge is -2.12. The predicted molar refractivity (Wildman–Crippen MR) is 54.3 cm³/mol. The summed E-state index contributed by atoms with van der Waals surface area (Å²) in [5, 5.41) is 6.02. The highest BCUT2D eigenvalue weighted by atomic mass is 32.2. The van der Waals surface area contributed by atoms with E-state index in [0.29, 0.717) is 5.37 Å². The van der Waals surface area contributed by atoms with Crippen LogP contribution in [0.25, 0.3) is 0 Å². The first-order valence-electron chi connectivity index (χ1n) is 3.68.